The Morgan fingerprint density at radius 3 is 2.33 bits per heavy atom. The number of ether oxygens (including phenoxy) is 1. The first-order chi connectivity index (χ1) is 11.3. The van der Waals surface area contributed by atoms with Gasteiger partial charge in [0, 0.05) is 6.04 Å². The van der Waals surface area contributed by atoms with Crippen LogP contribution in [0.3, 0.4) is 0 Å². The third-order valence-electron chi connectivity index (χ3n) is 3.89. The second-order valence-corrected chi connectivity index (χ2v) is 7.29. The Morgan fingerprint density at radius 2 is 1.71 bits per heavy atom. The molecule has 0 bridgehead atoms. The topological polar surface area (TPSA) is 68.3 Å². The van der Waals surface area contributed by atoms with Crippen LogP contribution in [-0.4, -0.2) is 29.5 Å². The number of amides is 1. The van der Waals surface area contributed by atoms with Crippen LogP contribution in [0, 0.1) is 5.92 Å². The van der Waals surface area contributed by atoms with Gasteiger partial charge in [0.2, 0.25) is 0 Å². The standard InChI is InChI=1S/C15H16Cl4N2O3/c1-7-2-4-8(5-3-7)20-9(22)6-24-15(23)13-11(17)10(16)12(18)14(19)21-13/h7-8H,2-6H2,1H3,(H,20,22). The number of aromatic nitrogens is 1. The minimum atomic E-state index is -0.895. The van der Waals surface area contributed by atoms with Crippen molar-refractivity contribution >= 4 is 58.3 Å². The van der Waals surface area contributed by atoms with Crippen molar-refractivity contribution in [3.05, 3.63) is 25.9 Å². The van der Waals surface area contributed by atoms with Crippen molar-refractivity contribution in [2.24, 2.45) is 5.92 Å². The summed E-state index contributed by atoms with van der Waals surface area (Å²) in [6.45, 7) is 1.76. The summed E-state index contributed by atoms with van der Waals surface area (Å²) in [4.78, 5) is 27.6. The predicted octanol–water partition coefficient (Wildman–Crippen LogP) is 4.55. The lowest BCUT2D eigenvalue weighted by atomic mass is 9.87. The summed E-state index contributed by atoms with van der Waals surface area (Å²) in [7, 11) is 0. The van der Waals surface area contributed by atoms with Gasteiger partial charge >= 0.3 is 5.97 Å². The third kappa shape index (κ3) is 4.88. The molecule has 1 saturated carbocycles. The summed E-state index contributed by atoms with van der Waals surface area (Å²) in [5.41, 5.74) is -0.282. The van der Waals surface area contributed by atoms with Gasteiger partial charge in [-0.25, -0.2) is 9.78 Å². The zero-order valence-corrected chi connectivity index (χ0v) is 15.9. The summed E-state index contributed by atoms with van der Waals surface area (Å²) in [6, 6.07) is 0.119. The molecule has 0 saturated heterocycles. The van der Waals surface area contributed by atoms with Crippen LogP contribution in [0.1, 0.15) is 43.1 Å². The average Bonchev–Trinajstić information content (AvgIpc) is 2.56. The molecule has 0 spiro atoms. The van der Waals surface area contributed by atoms with Gasteiger partial charge in [-0.05, 0) is 31.6 Å². The molecule has 1 aromatic rings. The van der Waals surface area contributed by atoms with Crippen molar-refractivity contribution in [3.8, 4) is 0 Å². The lowest BCUT2D eigenvalue weighted by molar-refractivity contribution is -0.125. The average molecular weight is 414 g/mol. The number of nitrogens with zero attached hydrogens (tertiary/aromatic N) is 1. The number of esters is 1. The predicted molar refractivity (Wildman–Crippen MR) is 94.1 cm³/mol. The van der Waals surface area contributed by atoms with E-state index in [0.29, 0.717) is 5.92 Å². The number of carbonyl (C=O) groups is 2. The molecule has 24 heavy (non-hydrogen) atoms. The molecule has 0 radical (unpaired) electrons. The number of hydrogen-bond donors (Lipinski definition) is 1. The highest BCUT2D eigenvalue weighted by molar-refractivity contribution is 6.52. The van der Waals surface area contributed by atoms with Gasteiger partial charge in [-0.2, -0.15) is 0 Å². The van der Waals surface area contributed by atoms with Gasteiger partial charge in [0.05, 0.1) is 15.1 Å². The summed E-state index contributed by atoms with van der Waals surface area (Å²) in [6.07, 6.45) is 4.01. The molecule has 0 atom stereocenters. The lowest BCUT2D eigenvalue weighted by Gasteiger charge is -2.26. The molecule has 0 unspecified atom stereocenters. The second kappa shape index (κ2) is 8.56. The monoisotopic (exact) mass is 412 g/mol. The van der Waals surface area contributed by atoms with Gasteiger partial charge in [0.25, 0.3) is 5.91 Å². The van der Waals surface area contributed by atoms with Crippen molar-refractivity contribution in [1.82, 2.24) is 10.3 Å². The van der Waals surface area contributed by atoms with Gasteiger partial charge in [-0.3, -0.25) is 4.79 Å². The molecule has 1 amide bonds. The molecule has 2 rings (SSSR count). The van der Waals surface area contributed by atoms with E-state index in [0.717, 1.165) is 25.7 Å². The van der Waals surface area contributed by atoms with Crippen LogP contribution in [0.5, 0.6) is 0 Å². The zero-order chi connectivity index (χ0) is 17.9. The molecule has 132 valence electrons. The Morgan fingerprint density at radius 1 is 1.08 bits per heavy atom. The highest BCUT2D eigenvalue weighted by Gasteiger charge is 2.23. The minimum absolute atomic E-state index is 0.0517. The van der Waals surface area contributed by atoms with E-state index in [-0.39, 0.29) is 37.9 Å². The number of rotatable bonds is 4. The fourth-order valence-corrected chi connectivity index (χ4v) is 3.30. The largest absolute Gasteiger partial charge is 0.451 e. The number of halogens is 4. The zero-order valence-electron chi connectivity index (χ0n) is 12.9. The molecular formula is C15H16Cl4N2O3. The van der Waals surface area contributed by atoms with Crippen LogP contribution >= 0.6 is 46.4 Å². The molecule has 1 heterocycles. The molecule has 5 nitrogen and oxygen atoms in total. The van der Waals surface area contributed by atoms with Gasteiger partial charge in [0.15, 0.2) is 12.3 Å². The minimum Gasteiger partial charge on any atom is -0.451 e. The van der Waals surface area contributed by atoms with E-state index >= 15 is 0 Å². The van der Waals surface area contributed by atoms with Crippen LogP contribution in [0.15, 0.2) is 0 Å². The van der Waals surface area contributed by atoms with Crippen molar-refractivity contribution < 1.29 is 14.3 Å². The van der Waals surface area contributed by atoms with E-state index in [4.69, 9.17) is 51.1 Å². The number of nitrogens with one attached hydrogen (secondary N) is 1. The summed E-state index contributed by atoms with van der Waals surface area (Å²) < 4.78 is 4.92. The Balaban J connectivity index is 1.90. The number of carbonyl (C=O) groups excluding carboxylic acids is 2. The second-order valence-electron chi connectivity index (χ2n) is 5.79. The smallest absolute Gasteiger partial charge is 0.359 e. The molecule has 0 aliphatic heterocycles. The van der Waals surface area contributed by atoms with Crippen LogP contribution < -0.4 is 5.32 Å². The van der Waals surface area contributed by atoms with Gasteiger partial charge in [0.1, 0.15) is 5.15 Å². The first-order valence-corrected chi connectivity index (χ1v) is 8.97. The highest BCUT2D eigenvalue weighted by atomic mass is 35.5. The quantitative estimate of drug-likeness (QED) is 0.580. The van der Waals surface area contributed by atoms with E-state index in [1.807, 2.05) is 0 Å². The van der Waals surface area contributed by atoms with Gasteiger partial charge < -0.3 is 10.1 Å². The molecule has 1 aromatic heterocycles. The third-order valence-corrected chi connectivity index (χ3v) is 5.57. The SMILES string of the molecule is CC1CCC(NC(=O)COC(=O)c2nc(Cl)c(Cl)c(Cl)c2Cl)CC1. The van der Waals surface area contributed by atoms with E-state index in [1.165, 1.54) is 0 Å². The van der Waals surface area contributed by atoms with Crippen molar-refractivity contribution in [2.45, 2.75) is 38.6 Å². The van der Waals surface area contributed by atoms with Crippen LogP contribution in [-0.2, 0) is 9.53 Å². The van der Waals surface area contributed by atoms with E-state index in [2.05, 4.69) is 17.2 Å². The highest BCUT2D eigenvalue weighted by Crippen LogP contribution is 2.36. The summed E-state index contributed by atoms with van der Waals surface area (Å²) >= 11 is 23.3. The maximum atomic E-state index is 12.0. The van der Waals surface area contributed by atoms with Crippen molar-refractivity contribution in [3.63, 3.8) is 0 Å². The van der Waals surface area contributed by atoms with Crippen LogP contribution in [0.4, 0.5) is 0 Å². The molecular weight excluding hydrogens is 398 g/mol. The number of hydrogen-bond acceptors (Lipinski definition) is 4. The molecule has 9 heteroatoms. The van der Waals surface area contributed by atoms with E-state index < -0.39 is 12.6 Å². The molecule has 1 fully saturated rings. The van der Waals surface area contributed by atoms with Crippen LogP contribution in [0.2, 0.25) is 20.2 Å². The first kappa shape index (κ1) is 19.6. The van der Waals surface area contributed by atoms with Crippen molar-refractivity contribution in [1.29, 1.82) is 0 Å². The Labute approximate surface area is 159 Å². The molecule has 0 aromatic carbocycles. The summed E-state index contributed by atoms with van der Waals surface area (Å²) in [5, 5.41) is 2.37. The van der Waals surface area contributed by atoms with Crippen LogP contribution in [0.25, 0.3) is 0 Å². The first-order valence-electron chi connectivity index (χ1n) is 7.46. The van der Waals surface area contributed by atoms with Gasteiger partial charge in [-0.1, -0.05) is 53.3 Å². The number of pyridine rings is 1. The maximum absolute atomic E-state index is 12.0. The maximum Gasteiger partial charge on any atom is 0.359 e. The van der Waals surface area contributed by atoms with Gasteiger partial charge in [-0.15, -0.1) is 0 Å². The molecule has 1 aliphatic rings. The van der Waals surface area contributed by atoms with Crippen molar-refractivity contribution in [2.75, 3.05) is 6.61 Å². The Kier molecular flexibility index (Phi) is 6.99. The van der Waals surface area contributed by atoms with E-state index in [1.54, 1.807) is 0 Å². The summed E-state index contributed by atoms with van der Waals surface area (Å²) in [5.74, 6) is -0.582. The Bertz CT molecular complexity index is 646. The molecule has 1 aliphatic carbocycles. The van der Waals surface area contributed by atoms with E-state index in [9.17, 15) is 9.59 Å². The fraction of sp³-hybridized carbons (Fsp3) is 0.533. The lowest BCUT2D eigenvalue weighted by Crippen LogP contribution is -2.39. The fourth-order valence-electron chi connectivity index (χ4n) is 2.50. The molecule has 1 N–H and O–H groups in total. The normalized spacial score (nSPS) is 20.5. The Hall–Kier alpha value is -0.750.